The van der Waals surface area contributed by atoms with E-state index in [2.05, 4.69) is 4.72 Å². The summed E-state index contributed by atoms with van der Waals surface area (Å²) >= 11 is 0. The minimum absolute atomic E-state index is 0.108. The van der Waals surface area contributed by atoms with Gasteiger partial charge in [-0.2, -0.15) is 0 Å². The maximum absolute atomic E-state index is 11.8. The Hall–Kier alpha value is -0.660. The van der Waals surface area contributed by atoms with Crippen LogP contribution in [0.5, 0.6) is 0 Å². The van der Waals surface area contributed by atoms with Gasteiger partial charge in [-0.25, -0.2) is 13.1 Å². The fourth-order valence-electron chi connectivity index (χ4n) is 1.96. The summed E-state index contributed by atoms with van der Waals surface area (Å²) in [6.07, 6.45) is 1.54. The van der Waals surface area contributed by atoms with Crippen LogP contribution in [0.2, 0.25) is 0 Å². The number of ether oxygens (including phenoxy) is 1. The number of nitrogens with one attached hydrogen (secondary N) is 1. The van der Waals surface area contributed by atoms with Crippen molar-refractivity contribution in [3.05, 3.63) is 0 Å². The van der Waals surface area contributed by atoms with Gasteiger partial charge in [-0.15, -0.1) is 0 Å². The molecular weight excluding hydrogens is 258 g/mol. The molecule has 0 radical (unpaired) electrons. The zero-order valence-corrected chi connectivity index (χ0v) is 11.6. The molecule has 0 saturated carbocycles. The van der Waals surface area contributed by atoms with E-state index in [-0.39, 0.29) is 24.2 Å². The van der Waals surface area contributed by atoms with Gasteiger partial charge in [-0.1, -0.05) is 13.8 Å². The van der Waals surface area contributed by atoms with E-state index in [1.807, 2.05) is 13.8 Å². The van der Waals surface area contributed by atoms with Crippen LogP contribution in [0.1, 0.15) is 33.1 Å². The molecule has 7 heteroatoms. The summed E-state index contributed by atoms with van der Waals surface area (Å²) in [7, 11) is -3.61. The molecule has 1 heterocycles. The largest absolute Gasteiger partial charge is 0.480 e. The third kappa shape index (κ3) is 5.32. The molecule has 6 nitrogen and oxygen atoms in total. The second-order valence-corrected chi connectivity index (χ2v) is 6.85. The van der Waals surface area contributed by atoms with E-state index in [1.54, 1.807) is 0 Å². The molecule has 0 aromatic carbocycles. The van der Waals surface area contributed by atoms with Crippen molar-refractivity contribution >= 4 is 16.0 Å². The molecule has 1 aliphatic heterocycles. The summed E-state index contributed by atoms with van der Waals surface area (Å²) in [4.78, 5) is 11.0. The van der Waals surface area contributed by atoms with Crippen LogP contribution < -0.4 is 4.72 Å². The lowest BCUT2D eigenvalue weighted by Crippen LogP contribution is -2.44. The Morgan fingerprint density at radius 3 is 2.61 bits per heavy atom. The lowest BCUT2D eigenvalue weighted by Gasteiger charge is -2.18. The number of carboxylic acid groups (broad SMARTS) is 1. The maximum Gasteiger partial charge on any atom is 0.321 e. The van der Waals surface area contributed by atoms with Crippen LogP contribution in [0.15, 0.2) is 0 Å². The second kappa shape index (κ2) is 6.49. The van der Waals surface area contributed by atoms with Crippen LogP contribution in [0.4, 0.5) is 0 Å². The molecule has 0 spiro atoms. The molecule has 0 amide bonds. The Kier molecular flexibility index (Phi) is 5.55. The lowest BCUT2D eigenvalue weighted by molar-refractivity contribution is -0.139. The minimum atomic E-state index is -3.61. The average Bonchev–Trinajstić information content (AvgIpc) is 2.67. The van der Waals surface area contributed by atoms with Crippen molar-refractivity contribution in [1.29, 1.82) is 0 Å². The van der Waals surface area contributed by atoms with E-state index in [4.69, 9.17) is 9.84 Å². The molecular formula is C11H21NO5S. The first-order valence-electron chi connectivity index (χ1n) is 6.14. The molecule has 0 aliphatic carbocycles. The first-order valence-corrected chi connectivity index (χ1v) is 7.80. The summed E-state index contributed by atoms with van der Waals surface area (Å²) in [6.45, 7) is 4.28. The molecule has 2 N–H and O–H groups in total. The molecule has 1 fully saturated rings. The van der Waals surface area contributed by atoms with Crippen molar-refractivity contribution in [1.82, 2.24) is 4.72 Å². The lowest BCUT2D eigenvalue weighted by atomic mass is 10.1. The summed E-state index contributed by atoms with van der Waals surface area (Å²) in [5.41, 5.74) is 0. The van der Waals surface area contributed by atoms with Crippen LogP contribution in [0, 0.1) is 5.92 Å². The van der Waals surface area contributed by atoms with Gasteiger partial charge >= 0.3 is 5.97 Å². The van der Waals surface area contributed by atoms with Crippen LogP contribution in [0.3, 0.4) is 0 Å². The Bertz CT molecular complexity index is 373. The Balaban J connectivity index is 2.57. The zero-order chi connectivity index (χ0) is 13.8. The quantitative estimate of drug-likeness (QED) is 0.711. The molecule has 1 saturated heterocycles. The number of carboxylic acids is 1. The van der Waals surface area contributed by atoms with Gasteiger partial charge in [0.1, 0.15) is 6.04 Å². The smallest absolute Gasteiger partial charge is 0.321 e. The number of hydrogen-bond donors (Lipinski definition) is 2. The van der Waals surface area contributed by atoms with E-state index in [9.17, 15) is 13.2 Å². The first kappa shape index (κ1) is 15.4. The van der Waals surface area contributed by atoms with E-state index >= 15 is 0 Å². The highest BCUT2D eigenvalue weighted by Crippen LogP contribution is 2.14. The molecule has 1 unspecified atom stereocenters. The second-order valence-electron chi connectivity index (χ2n) is 5.05. The number of carbonyl (C=O) groups is 1. The fourth-order valence-corrected chi connectivity index (χ4v) is 3.44. The highest BCUT2D eigenvalue weighted by atomic mass is 32.2. The highest BCUT2D eigenvalue weighted by Gasteiger charge is 2.28. The maximum atomic E-state index is 11.8. The molecule has 2 atom stereocenters. The normalized spacial score (nSPS) is 22.3. The van der Waals surface area contributed by atoms with Crippen molar-refractivity contribution in [3.8, 4) is 0 Å². The van der Waals surface area contributed by atoms with Gasteiger partial charge in [-0.3, -0.25) is 4.79 Å². The van der Waals surface area contributed by atoms with E-state index in [1.165, 1.54) is 0 Å². The molecule has 18 heavy (non-hydrogen) atoms. The van der Waals surface area contributed by atoms with Gasteiger partial charge < -0.3 is 9.84 Å². The molecule has 1 rings (SSSR count). The third-order valence-electron chi connectivity index (χ3n) is 2.76. The van der Waals surface area contributed by atoms with Crippen molar-refractivity contribution < 1.29 is 23.1 Å². The number of sulfonamides is 1. The van der Waals surface area contributed by atoms with Crippen LogP contribution >= 0.6 is 0 Å². The third-order valence-corrected chi connectivity index (χ3v) is 4.21. The number of hydrogen-bond acceptors (Lipinski definition) is 4. The Labute approximate surface area is 108 Å². The van der Waals surface area contributed by atoms with Crippen LogP contribution in [-0.4, -0.2) is 44.0 Å². The summed E-state index contributed by atoms with van der Waals surface area (Å²) in [5.74, 6) is -1.19. The summed E-state index contributed by atoms with van der Waals surface area (Å²) in [5, 5.41) is 8.99. The van der Waals surface area contributed by atoms with Gasteiger partial charge in [0, 0.05) is 6.61 Å². The van der Waals surface area contributed by atoms with E-state index in [0.29, 0.717) is 13.0 Å². The van der Waals surface area contributed by atoms with E-state index in [0.717, 1.165) is 6.42 Å². The molecule has 0 bridgehead atoms. The average molecular weight is 279 g/mol. The minimum Gasteiger partial charge on any atom is -0.480 e. The summed E-state index contributed by atoms with van der Waals surface area (Å²) < 4.78 is 31.1. The molecule has 1 aliphatic rings. The van der Waals surface area contributed by atoms with Crippen LogP contribution in [-0.2, 0) is 19.6 Å². The first-order chi connectivity index (χ1) is 8.30. The monoisotopic (exact) mass is 279 g/mol. The number of aliphatic carboxylic acids is 1. The van der Waals surface area contributed by atoms with Crippen molar-refractivity contribution in [2.24, 2.45) is 5.92 Å². The topological polar surface area (TPSA) is 92.7 Å². The molecule has 106 valence electrons. The Morgan fingerprint density at radius 1 is 1.50 bits per heavy atom. The SMILES string of the molecule is CC(C)C[C@@H](NS(=O)(=O)CC1CCCO1)C(=O)O. The predicted molar refractivity (Wildman–Crippen MR) is 66.8 cm³/mol. The molecule has 0 aromatic rings. The van der Waals surface area contributed by atoms with Crippen LogP contribution in [0.25, 0.3) is 0 Å². The predicted octanol–water partition coefficient (Wildman–Crippen LogP) is 0.584. The highest BCUT2D eigenvalue weighted by molar-refractivity contribution is 7.89. The van der Waals surface area contributed by atoms with Gasteiger partial charge in [0.05, 0.1) is 11.9 Å². The zero-order valence-electron chi connectivity index (χ0n) is 10.8. The standard InChI is InChI=1S/C11H21NO5S/c1-8(2)6-10(11(13)14)12-18(15,16)7-9-4-3-5-17-9/h8-10,12H,3-7H2,1-2H3,(H,13,14)/t9?,10-/m1/s1. The van der Waals surface area contributed by atoms with Gasteiger partial charge in [0.15, 0.2) is 0 Å². The molecule has 0 aromatic heterocycles. The van der Waals surface area contributed by atoms with Gasteiger partial charge in [-0.05, 0) is 25.2 Å². The van der Waals surface area contributed by atoms with E-state index < -0.39 is 22.0 Å². The van der Waals surface area contributed by atoms with Gasteiger partial charge in [0.2, 0.25) is 10.0 Å². The number of rotatable bonds is 7. The Morgan fingerprint density at radius 2 is 2.17 bits per heavy atom. The van der Waals surface area contributed by atoms with Crippen molar-refractivity contribution in [2.45, 2.75) is 45.3 Å². The van der Waals surface area contributed by atoms with Crippen molar-refractivity contribution in [3.63, 3.8) is 0 Å². The van der Waals surface area contributed by atoms with Crippen molar-refractivity contribution in [2.75, 3.05) is 12.4 Å². The van der Waals surface area contributed by atoms with Gasteiger partial charge in [0.25, 0.3) is 0 Å². The fraction of sp³-hybridized carbons (Fsp3) is 0.909. The summed E-state index contributed by atoms with van der Waals surface area (Å²) in [6, 6.07) is -1.06.